The number of hydrogen-bond acceptors (Lipinski definition) is 3. The van der Waals surface area contributed by atoms with Crippen LogP contribution >= 0.6 is 11.8 Å². The Labute approximate surface area is 121 Å². The van der Waals surface area contributed by atoms with Crippen LogP contribution in [0.3, 0.4) is 0 Å². The molecule has 5 heteroatoms. The largest absolute Gasteiger partial charge is 0.476 e. The summed E-state index contributed by atoms with van der Waals surface area (Å²) in [7, 11) is 0. The van der Waals surface area contributed by atoms with E-state index in [9.17, 15) is 9.90 Å². The first-order valence-electron chi connectivity index (χ1n) is 6.69. The van der Waals surface area contributed by atoms with Crippen molar-refractivity contribution in [1.82, 2.24) is 9.78 Å². The molecule has 0 radical (unpaired) electrons. The monoisotopic (exact) mass is 288 g/mol. The van der Waals surface area contributed by atoms with E-state index in [2.05, 4.69) is 5.10 Å². The van der Waals surface area contributed by atoms with Crippen LogP contribution in [0, 0.1) is 0 Å². The lowest BCUT2D eigenvalue weighted by Gasteiger charge is -2.14. The second-order valence-electron chi connectivity index (χ2n) is 4.90. The topological polar surface area (TPSA) is 55.1 Å². The average Bonchev–Trinajstić information content (AvgIpc) is 2.87. The van der Waals surface area contributed by atoms with E-state index in [1.54, 1.807) is 11.8 Å². The number of thioether (sulfide) groups is 1. The number of benzene rings is 1. The number of aromatic nitrogens is 2. The van der Waals surface area contributed by atoms with Gasteiger partial charge in [-0.2, -0.15) is 5.10 Å². The number of carboxylic acid groups (broad SMARTS) is 1. The second-order valence-corrected chi connectivity index (χ2v) is 5.78. The van der Waals surface area contributed by atoms with Gasteiger partial charge in [-0.3, -0.25) is 0 Å². The van der Waals surface area contributed by atoms with Gasteiger partial charge in [0.25, 0.3) is 0 Å². The van der Waals surface area contributed by atoms with Gasteiger partial charge in [-0.1, -0.05) is 0 Å². The highest BCUT2D eigenvalue weighted by atomic mass is 32.2. The minimum absolute atomic E-state index is 0.216. The maximum absolute atomic E-state index is 11.3. The van der Waals surface area contributed by atoms with Gasteiger partial charge in [0.2, 0.25) is 0 Å². The molecule has 1 aromatic heterocycles. The van der Waals surface area contributed by atoms with Gasteiger partial charge >= 0.3 is 5.97 Å². The Hall–Kier alpha value is -1.75. The van der Waals surface area contributed by atoms with Crippen LogP contribution in [0.1, 0.15) is 34.6 Å². The minimum atomic E-state index is -0.928. The first-order chi connectivity index (χ1) is 9.70. The van der Waals surface area contributed by atoms with E-state index in [-0.39, 0.29) is 5.69 Å². The Balaban J connectivity index is 2.10. The fourth-order valence-electron chi connectivity index (χ4n) is 2.71. The summed E-state index contributed by atoms with van der Waals surface area (Å²) >= 11 is 1.69. The number of fused-ring (bicyclic) bond motifs is 1. The molecule has 0 amide bonds. The first kappa shape index (κ1) is 13.2. The molecule has 1 aromatic carbocycles. The van der Waals surface area contributed by atoms with Crippen molar-refractivity contribution in [3.63, 3.8) is 0 Å². The highest BCUT2D eigenvalue weighted by Gasteiger charge is 2.25. The molecule has 1 aliphatic rings. The van der Waals surface area contributed by atoms with Crippen LogP contribution in [0.25, 0.3) is 5.69 Å². The van der Waals surface area contributed by atoms with Crippen molar-refractivity contribution in [1.29, 1.82) is 0 Å². The number of rotatable bonds is 3. The second kappa shape index (κ2) is 5.32. The Morgan fingerprint density at radius 2 is 1.95 bits per heavy atom. The highest BCUT2D eigenvalue weighted by Crippen LogP contribution is 2.27. The summed E-state index contributed by atoms with van der Waals surface area (Å²) in [5.41, 5.74) is 3.13. The molecule has 20 heavy (non-hydrogen) atoms. The van der Waals surface area contributed by atoms with Gasteiger partial charge in [0, 0.05) is 16.2 Å². The molecular weight excluding hydrogens is 272 g/mol. The van der Waals surface area contributed by atoms with Crippen molar-refractivity contribution < 1.29 is 9.90 Å². The van der Waals surface area contributed by atoms with Crippen molar-refractivity contribution in [3.8, 4) is 5.69 Å². The van der Waals surface area contributed by atoms with E-state index >= 15 is 0 Å². The summed E-state index contributed by atoms with van der Waals surface area (Å²) in [5, 5.41) is 13.6. The molecule has 0 bridgehead atoms. The molecule has 0 unspecified atom stereocenters. The standard InChI is InChI=1S/C15H16N2O2S/c1-20-11-8-6-10(7-9-11)17-13-5-3-2-4-12(13)14(16-17)15(18)19/h6-9H,2-5H2,1H3,(H,18,19). The number of nitrogens with zero attached hydrogens (tertiary/aromatic N) is 2. The number of aromatic carboxylic acids is 1. The van der Waals surface area contributed by atoms with E-state index < -0.39 is 5.97 Å². The molecule has 4 nitrogen and oxygen atoms in total. The van der Waals surface area contributed by atoms with Crippen LogP contribution in [0.5, 0.6) is 0 Å². The van der Waals surface area contributed by atoms with E-state index in [1.165, 1.54) is 4.90 Å². The zero-order valence-corrected chi connectivity index (χ0v) is 12.1. The smallest absolute Gasteiger partial charge is 0.356 e. The Morgan fingerprint density at radius 1 is 1.25 bits per heavy atom. The zero-order chi connectivity index (χ0) is 14.1. The molecule has 0 fully saturated rings. The lowest BCUT2D eigenvalue weighted by molar-refractivity contribution is 0.0688. The predicted molar refractivity (Wildman–Crippen MR) is 78.9 cm³/mol. The van der Waals surface area contributed by atoms with Gasteiger partial charge in [-0.15, -0.1) is 11.8 Å². The number of carbonyl (C=O) groups is 1. The molecular formula is C15H16N2O2S. The fraction of sp³-hybridized carbons (Fsp3) is 0.333. The Kier molecular flexibility index (Phi) is 3.53. The molecule has 2 aromatic rings. The van der Waals surface area contributed by atoms with Crippen molar-refractivity contribution in [3.05, 3.63) is 41.2 Å². The molecule has 0 saturated heterocycles. The number of carboxylic acids is 1. The highest BCUT2D eigenvalue weighted by molar-refractivity contribution is 7.98. The lowest BCUT2D eigenvalue weighted by Crippen LogP contribution is -2.08. The van der Waals surface area contributed by atoms with Crippen molar-refractivity contribution in [2.45, 2.75) is 30.6 Å². The quantitative estimate of drug-likeness (QED) is 0.881. The van der Waals surface area contributed by atoms with Crippen molar-refractivity contribution in [2.75, 3.05) is 6.26 Å². The normalized spacial score (nSPS) is 14.1. The molecule has 1 aliphatic carbocycles. The molecule has 0 aliphatic heterocycles. The van der Waals surface area contributed by atoms with E-state index in [0.29, 0.717) is 0 Å². The molecule has 3 rings (SSSR count). The van der Waals surface area contributed by atoms with Gasteiger partial charge in [0.1, 0.15) is 0 Å². The predicted octanol–water partition coefficient (Wildman–Crippen LogP) is 3.17. The van der Waals surface area contributed by atoms with Crippen molar-refractivity contribution in [2.24, 2.45) is 0 Å². The third kappa shape index (κ3) is 2.22. The van der Waals surface area contributed by atoms with E-state index in [0.717, 1.165) is 42.6 Å². The lowest BCUT2D eigenvalue weighted by atomic mass is 9.95. The summed E-state index contributed by atoms with van der Waals surface area (Å²) in [6, 6.07) is 8.08. The molecule has 0 saturated carbocycles. The maximum atomic E-state index is 11.3. The zero-order valence-electron chi connectivity index (χ0n) is 11.3. The van der Waals surface area contributed by atoms with Gasteiger partial charge in [0.05, 0.1) is 5.69 Å². The van der Waals surface area contributed by atoms with Gasteiger partial charge < -0.3 is 5.11 Å². The van der Waals surface area contributed by atoms with Crippen molar-refractivity contribution >= 4 is 17.7 Å². The third-order valence-corrected chi connectivity index (χ3v) is 4.44. The molecule has 1 N–H and O–H groups in total. The number of hydrogen-bond donors (Lipinski definition) is 1. The summed E-state index contributed by atoms with van der Waals surface area (Å²) in [6.07, 6.45) is 5.90. The maximum Gasteiger partial charge on any atom is 0.356 e. The van der Waals surface area contributed by atoms with Crippen LogP contribution < -0.4 is 0 Å². The minimum Gasteiger partial charge on any atom is -0.476 e. The molecule has 1 heterocycles. The van der Waals surface area contributed by atoms with Crippen LogP contribution in [0.15, 0.2) is 29.2 Å². The van der Waals surface area contributed by atoms with Crippen LogP contribution in [-0.4, -0.2) is 27.1 Å². The third-order valence-electron chi connectivity index (χ3n) is 3.70. The van der Waals surface area contributed by atoms with E-state index in [4.69, 9.17) is 0 Å². The van der Waals surface area contributed by atoms with Crippen LogP contribution in [0.2, 0.25) is 0 Å². The van der Waals surface area contributed by atoms with E-state index in [1.807, 2.05) is 35.2 Å². The average molecular weight is 288 g/mol. The Bertz CT molecular complexity index is 647. The first-order valence-corrected chi connectivity index (χ1v) is 7.91. The SMILES string of the molecule is CSc1ccc(-n2nc(C(=O)O)c3c2CCCC3)cc1. The molecule has 0 spiro atoms. The molecule has 0 atom stereocenters. The van der Waals surface area contributed by atoms with Crippen LogP contribution in [0.4, 0.5) is 0 Å². The summed E-state index contributed by atoms with van der Waals surface area (Å²) in [6.45, 7) is 0. The summed E-state index contributed by atoms with van der Waals surface area (Å²) < 4.78 is 1.81. The molecule has 104 valence electrons. The summed E-state index contributed by atoms with van der Waals surface area (Å²) in [4.78, 5) is 12.5. The van der Waals surface area contributed by atoms with Gasteiger partial charge in [-0.05, 0) is 56.2 Å². The fourth-order valence-corrected chi connectivity index (χ4v) is 3.12. The van der Waals surface area contributed by atoms with Gasteiger partial charge in [-0.25, -0.2) is 9.48 Å². The Morgan fingerprint density at radius 3 is 2.60 bits per heavy atom. The van der Waals surface area contributed by atoms with Crippen LogP contribution in [-0.2, 0) is 12.8 Å². The van der Waals surface area contributed by atoms with Gasteiger partial charge in [0.15, 0.2) is 5.69 Å². The summed E-state index contributed by atoms with van der Waals surface area (Å²) in [5.74, 6) is -0.928.